The molecule has 0 spiro atoms. The summed E-state index contributed by atoms with van der Waals surface area (Å²) in [5, 5.41) is 3.02. The Balaban J connectivity index is 1.47. The molecule has 5 heteroatoms. The molecule has 0 saturated heterocycles. The van der Waals surface area contributed by atoms with Crippen LogP contribution in [0, 0.1) is 20.8 Å². The average Bonchev–Trinajstić information content (AvgIpc) is 3.21. The first kappa shape index (κ1) is 18.0. The molecule has 0 aliphatic carbocycles. The number of para-hydroxylation sites is 2. The second-order valence-electron chi connectivity index (χ2n) is 7.17. The number of benzene rings is 2. The minimum atomic E-state index is -0.0527. The number of nitrogens with zero attached hydrogens (tertiary/aromatic N) is 2. The number of hydrogen-bond acceptors (Lipinski definition) is 2. The molecule has 4 rings (SSSR count). The molecule has 0 bridgehead atoms. The lowest BCUT2D eigenvalue weighted by Gasteiger charge is -2.11. The molecule has 0 radical (unpaired) electrons. The van der Waals surface area contributed by atoms with E-state index in [0.29, 0.717) is 18.5 Å². The van der Waals surface area contributed by atoms with E-state index in [1.54, 1.807) is 0 Å². The third-order valence-corrected chi connectivity index (χ3v) is 5.02. The highest BCUT2D eigenvalue weighted by Crippen LogP contribution is 2.21. The summed E-state index contributed by atoms with van der Waals surface area (Å²) in [5.41, 5.74) is 6.95. The maximum Gasteiger partial charge on any atom is 0.253 e. The second-order valence-corrected chi connectivity index (χ2v) is 7.17. The largest absolute Gasteiger partial charge is 0.352 e. The van der Waals surface area contributed by atoms with Crippen molar-refractivity contribution in [3.05, 3.63) is 82.9 Å². The molecule has 0 atom stereocenters. The van der Waals surface area contributed by atoms with Gasteiger partial charge in [0.1, 0.15) is 5.82 Å². The van der Waals surface area contributed by atoms with Crippen molar-refractivity contribution in [3.63, 3.8) is 0 Å². The van der Waals surface area contributed by atoms with Crippen LogP contribution in [0.4, 0.5) is 0 Å². The highest BCUT2D eigenvalue weighted by atomic mass is 16.1. The fourth-order valence-corrected chi connectivity index (χ4v) is 3.67. The van der Waals surface area contributed by atoms with E-state index in [1.807, 2.05) is 50.2 Å². The number of aryl methyl sites for hydroxylation is 2. The summed E-state index contributed by atoms with van der Waals surface area (Å²) in [6.45, 7) is 6.63. The quantitative estimate of drug-likeness (QED) is 0.550. The number of aromatic amines is 1. The molecule has 2 aromatic heterocycles. The summed E-state index contributed by atoms with van der Waals surface area (Å²) in [7, 11) is 0. The molecule has 5 nitrogen and oxygen atoms in total. The zero-order valence-corrected chi connectivity index (χ0v) is 16.4. The van der Waals surface area contributed by atoms with Crippen LogP contribution in [0.25, 0.3) is 16.7 Å². The molecule has 2 heterocycles. The summed E-state index contributed by atoms with van der Waals surface area (Å²) in [6, 6.07) is 18.2. The van der Waals surface area contributed by atoms with Gasteiger partial charge < -0.3 is 14.9 Å². The summed E-state index contributed by atoms with van der Waals surface area (Å²) in [6.07, 6.45) is 0.664. The first-order chi connectivity index (χ1) is 13.5. The van der Waals surface area contributed by atoms with Gasteiger partial charge in [0, 0.05) is 30.0 Å². The van der Waals surface area contributed by atoms with Gasteiger partial charge in [-0.1, -0.05) is 24.3 Å². The van der Waals surface area contributed by atoms with Gasteiger partial charge in [-0.2, -0.15) is 0 Å². The van der Waals surface area contributed by atoms with Crippen LogP contribution in [0.2, 0.25) is 0 Å². The number of amides is 1. The summed E-state index contributed by atoms with van der Waals surface area (Å²) >= 11 is 0. The van der Waals surface area contributed by atoms with Crippen LogP contribution < -0.4 is 5.32 Å². The predicted molar refractivity (Wildman–Crippen MR) is 112 cm³/mol. The number of carbonyl (C=O) groups excluding carboxylic acids is 1. The normalized spacial score (nSPS) is 11.1. The summed E-state index contributed by atoms with van der Waals surface area (Å²) < 4.78 is 2.13. The van der Waals surface area contributed by atoms with Crippen molar-refractivity contribution in [1.29, 1.82) is 0 Å². The van der Waals surface area contributed by atoms with Gasteiger partial charge in [0.25, 0.3) is 5.91 Å². The Bertz CT molecular complexity index is 1120. The molecule has 142 valence electrons. The number of aromatic nitrogens is 3. The molecule has 0 aliphatic rings. The maximum absolute atomic E-state index is 12.7. The molecular formula is C23H24N4O. The van der Waals surface area contributed by atoms with Crippen molar-refractivity contribution in [3.8, 4) is 5.69 Å². The van der Waals surface area contributed by atoms with Crippen LogP contribution in [0.3, 0.4) is 0 Å². The number of rotatable bonds is 5. The molecule has 0 unspecified atom stereocenters. The van der Waals surface area contributed by atoms with Gasteiger partial charge in [-0.05, 0) is 56.7 Å². The number of H-pyrrole nitrogens is 1. The van der Waals surface area contributed by atoms with Crippen molar-refractivity contribution < 1.29 is 4.79 Å². The lowest BCUT2D eigenvalue weighted by molar-refractivity contribution is 0.0953. The minimum absolute atomic E-state index is 0.0527. The van der Waals surface area contributed by atoms with E-state index in [9.17, 15) is 4.79 Å². The van der Waals surface area contributed by atoms with Crippen molar-refractivity contribution in [2.45, 2.75) is 27.2 Å². The number of hydrogen-bond donors (Lipinski definition) is 2. The molecule has 0 aliphatic heterocycles. The molecule has 2 aromatic carbocycles. The van der Waals surface area contributed by atoms with Crippen LogP contribution in [0.5, 0.6) is 0 Å². The van der Waals surface area contributed by atoms with Crippen molar-refractivity contribution in [2.24, 2.45) is 0 Å². The van der Waals surface area contributed by atoms with E-state index < -0.39 is 0 Å². The van der Waals surface area contributed by atoms with E-state index in [0.717, 1.165) is 33.9 Å². The Morgan fingerprint density at radius 1 is 1.07 bits per heavy atom. The first-order valence-corrected chi connectivity index (χ1v) is 9.51. The third-order valence-electron chi connectivity index (χ3n) is 5.02. The lowest BCUT2D eigenvalue weighted by Crippen LogP contribution is -2.26. The molecule has 4 aromatic rings. The number of nitrogens with one attached hydrogen (secondary N) is 2. The van der Waals surface area contributed by atoms with Crippen LogP contribution in [0.1, 0.15) is 33.1 Å². The second kappa shape index (κ2) is 7.35. The molecule has 0 fully saturated rings. The number of fused-ring (bicyclic) bond motifs is 1. The minimum Gasteiger partial charge on any atom is -0.352 e. The Hall–Kier alpha value is -3.34. The molecular weight excluding hydrogens is 348 g/mol. The fraction of sp³-hybridized carbons (Fsp3) is 0.217. The van der Waals surface area contributed by atoms with Crippen LogP contribution in [-0.4, -0.2) is 27.0 Å². The van der Waals surface area contributed by atoms with Gasteiger partial charge in [0.15, 0.2) is 0 Å². The number of imidazole rings is 1. The maximum atomic E-state index is 12.7. The van der Waals surface area contributed by atoms with Gasteiger partial charge in [-0.15, -0.1) is 0 Å². The molecule has 0 saturated carbocycles. The van der Waals surface area contributed by atoms with Crippen molar-refractivity contribution in [1.82, 2.24) is 19.9 Å². The lowest BCUT2D eigenvalue weighted by atomic mass is 10.2. The third kappa shape index (κ3) is 3.43. The fourth-order valence-electron chi connectivity index (χ4n) is 3.67. The molecule has 2 N–H and O–H groups in total. The smallest absolute Gasteiger partial charge is 0.253 e. The Labute approximate surface area is 164 Å². The van der Waals surface area contributed by atoms with Gasteiger partial charge in [-0.25, -0.2) is 4.98 Å². The van der Waals surface area contributed by atoms with Gasteiger partial charge in [0.05, 0.1) is 16.6 Å². The van der Waals surface area contributed by atoms with Gasteiger partial charge in [0.2, 0.25) is 0 Å². The standard InChI is InChI=1S/C23H24N4O/c1-15-7-6-8-18(13-15)27-16(2)14-19(17(27)3)23(28)24-12-11-22-25-20-9-4-5-10-21(20)26-22/h4-10,13-14H,11-12H2,1-3H3,(H,24,28)(H,25,26). The zero-order valence-electron chi connectivity index (χ0n) is 16.4. The SMILES string of the molecule is Cc1cccc(-n2c(C)cc(C(=O)NCCc3nc4ccccc4[nH]3)c2C)c1. The molecule has 1 amide bonds. The van der Waals surface area contributed by atoms with E-state index in [2.05, 4.69) is 45.0 Å². The summed E-state index contributed by atoms with van der Waals surface area (Å²) in [5.74, 6) is 0.829. The highest BCUT2D eigenvalue weighted by Gasteiger charge is 2.16. The average molecular weight is 372 g/mol. The Morgan fingerprint density at radius 3 is 2.68 bits per heavy atom. The molecule has 28 heavy (non-hydrogen) atoms. The van der Waals surface area contributed by atoms with Gasteiger partial charge >= 0.3 is 0 Å². The van der Waals surface area contributed by atoms with E-state index >= 15 is 0 Å². The van der Waals surface area contributed by atoms with Crippen molar-refractivity contribution in [2.75, 3.05) is 6.54 Å². The summed E-state index contributed by atoms with van der Waals surface area (Å²) in [4.78, 5) is 20.6. The van der Waals surface area contributed by atoms with E-state index in [-0.39, 0.29) is 5.91 Å². The first-order valence-electron chi connectivity index (χ1n) is 9.51. The number of carbonyl (C=O) groups is 1. The Kier molecular flexibility index (Phi) is 4.74. The monoisotopic (exact) mass is 372 g/mol. The van der Waals surface area contributed by atoms with Crippen LogP contribution in [0.15, 0.2) is 54.6 Å². The van der Waals surface area contributed by atoms with Crippen LogP contribution >= 0.6 is 0 Å². The van der Waals surface area contributed by atoms with Crippen LogP contribution in [-0.2, 0) is 6.42 Å². The topological polar surface area (TPSA) is 62.7 Å². The highest BCUT2D eigenvalue weighted by molar-refractivity contribution is 5.96. The van der Waals surface area contributed by atoms with Crippen molar-refractivity contribution >= 4 is 16.9 Å². The van der Waals surface area contributed by atoms with Gasteiger partial charge in [-0.3, -0.25) is 4.79 Å². The van der Waals surface area contributed by atoms with E-state index in [4.69, 9.17) is 0 Å². The van der Waals surface area contributed by atoms with E-state index in [1.165, 1.54) is 5.56 Å². The predicted octanol–water partition coefficient (Wildman–Crippen LogP) is 4.25. The Morgan fingerprint density at radius 2 is 1.89 bits per heavy atom. The zero-order chi connectivity index (χ0) is 19.7.